The van der Waals surface area contributed by atoms with Crippen LogP contribution in [0, 0.1) is 5.82 Å². The molecule has 0 aliphatic rings. The average Bonchev–Trinajstić information content (AvgIpc) is 3.35. The number of H-pyrrole nitrogens is 1. The van der Waals surface area contributed by atoms with E-state index in [2.05, 4.69) is 25.8 Å². The molecule has 0 aliphatic heterocycles. The highest BCUT2D eigenvalue weighted by molar-refractivity contribution is 5.90. The largest absolute Gasteiger partial charge is 0.493 e. The zero-order valence-electron chi connectivity index (χ0n) is 19.1. The average molecular weight is 479 g/mol. The minimum atomic E-state index is -0.662. The van der Waals surface area contributed by atoms with Crippen LogP contribution in [0.4, 0.5) is 14.9 Å². The number of urea groups is 1. The minimum absolute atomic E-state index is 0.00470. The number of anilines is 1. The number of nitrogens with zero attached hydrogens (tertiary/aromatic N) is 2. The molecule has 4 aromatic rings. The van der Waals surface area contributed by atoms with Crippen LogP contribution in [0.15, 0.2) is 60.0 Å². The van der Waals surface area contributed by atoms with E-state index in [0.29, 0.717) is 34.2 Å². The van der Waals surface area contributed by atoms with Crippen LogP contribution in [-0.2, 0) is 0 Å². The van der Waals surface area contributed by atoms with Crippen LogP contribution >= 0.6 is 0 Å². The van der Waals surface area contributed by atoms with Crippen LogP contribution in [0.5, 0.6) is 28.7 Å². The third-order valence-corrected chi connectivity index (χ3v) is 4.90. The standard InChI is InChI=1S/C24H22FN5O5/c1-32-20-10-14(11-21(33-2)22(20)34-3)13-28-30-24(31)29-15-4-5-19(17(25)12-15)35-18-7-9-27-23-16(18)6-8-26-23/h4-13H,1-3H3,(H,26,27)(H2,29,30,31)/b28-13+. The molecule has 3 N–H and O–H groups in total. The van der Waals surface area contributed by atoms with Crippen LogP contribution in [0.3, 0.4) is 0 Å². The van der Waals surface area contributed by atoms with Crippen LogP contribution in [0.2, 0.25) is 0 Å². The first kappa shape index (κ1) is 23.4. The fourth-order valence-electron chi connectivity index (χ4n) is 3.30. The second-order valence-corrected chi connectivity index (χ2v) is 7.08. The fraction of sp³-hybridized carbons (Fsp3) is 0.125. The van der Waals surface area contributed by atoms with Crippen molar-refractivity contribution in [2.75, 3.05) is 26.6 Å². The number of hydrogen-bond donors (Lipinski definition) is 3. The van der Waals surface area contributed by atoms with Crippen LogP contribution in [-0.4, -0.2) is 43.5 Å². The highest BCUT2D eigenvalue weighted by atomic mass is 19.1. The van der Waals surface area contributed by atoms with Gasteiger partial charge >= 0.3 is 6.03 Å². The molecule has 0 fully saturated rings. The van der Waals surface area contributed by atoms with Crippen molar-refractivity contribution in [3.8, 4) is 28.7 Å². The van der Waals surface area contributed by atoms with Gasteiger partial charge in [-0.1, -0.05) is 0 Å². The van der Waals surface area contributed by atoms with E-state index in [9.17, 15) is 9.18 Å². The normalized spacial score (nSPS) is 10.9. The summed E-state index contributed by atoms with van der Waals surface area (Å²) >= 11 is 0. The van der Waals surface area contributed by atoms with E-state index in [0.717, 1.165) is 11.5 Å². The molecular formula is C24H22FN5O5. The zero-order chi connectivity index (χ0) is 24.8. The molecule has 4 rings (SSSR count). The van der Waals surface area contributed by atoms with E-state index in [1.54, 1.807) is 36.7 Å². The van der Waals surface area contributed by atoms with Gasteiger partial charge in [-0.2, -0.15) is 5.10 Å². The van der Waals surface area contributed by atoms with Crippen molar-refractivity contribution in [2.24, 2.45) is 5.10 Å². The Hall–Kier alpha value is -4.80. The van der Waals surface area contributed by atoms with Crippen molar-refractivity contribution in [1.29, 1.82) is 0 Å². The van der Waals surface area contributed by atoms with Gasteiger partial charge < -0.3 is 29.2 Å². The number of benzene rings is 2. The molecule has 2 aromatic carbocycles. The monoisotopic (exact) mass is 479 g/mol. The Morgan fingerprint density at radius 2 is 1.77 bits per heavy atom. The number of rotatable bonds is 8. The molecule has 11 heteroatoms. The van der Waals surface area contributed by atoms with Gasteiger partial charge in [-0.25, -0.2) is 19.6 Å². The summed E-state index contributed by atoms with van der Waals surface area (Å²) in [5.41, 5.74) is 3.76. The van der Waals surface area contributed by atoms with E-state index >= 15 is 0 Å². The highest BCUT2D eigenvalue weighted by Gasteiger charge is 2.13. The number of pyridine rings is 1. The Bertz CT molecular complexity index is 1360. The first-order valence-electron chi connectivity index (χ1n) is 10.3. The number of hydrogen-bond acceptors (Lipinski definition) is 7. The van der Waals surface area contributed by atoms with Crippen molar-refractivity contribution in [1.82, 2.24) is 15.4 Å². The maximum absolute atomic E-state index is 14.6. The Balaban J connectivity index is 1.39. The van der Waals surface area contributed by atoms with Crippen molar-refractivity contribution >= 4 is 29.0 Å². The minimum Gasteiger partial charge on any atom is -0.493 e. The van der Waals surface area contributed by atoms with Crippen molar-refractivity contribution < 1.29 is 28.1 Å². The van der Waals surface area contributed by atoms with Gasteiger partial charge in [0, 0.05) is 29.7 Å². The van der Waals surface area contributed by atoms with Gasteiger partial charge in [0.05, 0.1) is 32.9 Å². The fourth-order valence-corrected chi connectivity index (χ4v) is 3.30. The summed E-state index contributed by atoms with van der Waals surface area (Å²) in [5, 5.41) is 7.12. The molecule has 0 unspecified atom stereocenters. The van der Waals surface area contributed by atoms with E-state index in [1.807, 2.05) is 0 Å². The lowest BCUT2D eigenvalue weighted by atomic mass is 10.2. The van der Waals surface area contributed by atoms with E-state index in [4.69, 9.17) is 18.9 Å². The molecule has 0 spiro atoms. The first-order valence-corrected chi connectivity index (χ1v) is 10.3. The van der Waals surface area contributed by atoms with Gasteiger partial charge in [0.2, 0.25) is 5.75 Å². The number of ether oxygens (including phenoxy) is 4. The number of aromatic nitrogens is 2. The SMILES string of the molecule is COc1cc(/C=N/NC(=O)Nc2ccc(Oc3ccnc4[nH]ccc34)c(F)c2)cc(OC)c1OC. The van der Waals surface area contributed by atoms with Crippen LogP contribution < -0.4 is 29.7 Å². The van der Waals surface area contributed by atoms with Gasteiger partial charge in [0.25, 0.3) is 0 Å². The van der Waals surface area contributed by atoms with E-state index < -0.39 is 11.8 Å². The summed E-state index contributed by atoms with van der Waals surface area (Å²) in [7, 11) is 4.50. The summed E-state index contributed by atoms with van der Waals surface area (Å²) in [6, 6.07) is 10.2. The molecule has 10 nitrogen and oxygen atoms in total. The molecule has 35 heavy (non-hydrogen) atoms. The summed E-state index contributed by atoms with van der Waals surface area (Å²) in [6.45, 7) is 0. The van der Waals surface area contributed by atoms with Gasteiger partial charge in [0.15, 0.2) is 23.1 Å². The van der Waals surface area contributed by atoms with Gasteiger partial charge in [-0.3, -0.25) is 0 Å². The number of halogens is 1. The van der Waals surface area contributed by atoms with Crippen LogP contribution in [0.25, 0.3) is 11.0 Å². The van der Waals surface area contributed by atoms with Gasteiger partial charge in [-0.05, 0) is 36.4 Å². The molecule has 180 valence electrons. The van der Waals surface area contributed by atoms with Crippen molar-refractivity contribution in [2.45, 2.75) is 0 Å². The number of carbonyl (C=O) groups is 1. The smallest absolute Gasteiger partial charge is 0.339 e. The summed E-state index contributed by atoms with van der Waals surface area (Å²) < 4.78 is 36.1. The molecule has 0 radical (unpaired) electrons. The Morgan fingerprint density at radius 3 is 2.46 bits per heavy atom. The summed E-state index contributed by atoms with van der Waals surface area (Å²) in [4.78, 5) is 19.3. The number of carbonyl (C=O) groups excluding carboxylic acids is 1. The lowest BCUT2D eigenvalue weighted by Crippen LogP contribution is -2.24. The third kappa shape index (κ3) is 5.24. The Labute approximate surface area is 199 Å². The highest BCUT2D eigenvalue weighted by Crippen LogP contribution is 2.37. The zero-order valence-corrected chi connectivity index (χ0v) is 19.1. The molecule has 0 saturated carbocycles. The maximum Gasteiger partial charge on any atom is 0.339 e. The molecule has 2 amide bonds. The van der Waals surface area contributed by atoms with Gasteiger partial charge in [0.1, 0.15) is 11.4 Å². The Morgan fingerprint density at radius 1 is 1.00 bits per heavy atom. The van der Waals surface area contributed by atoms with E-state index in [-0.39, 0.29) is 11.4 Å². The second kappa shape index (κ2) is 10.4. The predicted molar refractivity (Wildman–Crippen MR) is 128 cm³/mol. The summed E-state index contributed by atoms with van der Waals surface area (Å²) in [5.74, 6) is 1.14. The molecule has 0 saturated heterocycles. The number of methoxy groups -OCH3 is 3. The molecule has 0 aliphatic carbocycles. The molecule has 2 aromatic heterocycles. The lowest BCUT2D eigenvalue weighted by Gasteiger charge is -2.12. The molecule has 0 atom stereocenters. The first-order chi connectivity index (χ1) is 17.0. The number of aromatic amines is 1. The number of fused-ring (bicyclic) bond motifs is 1. The molecule has 0 bridgehead atoms. The topological polar surface area (TPSA) is 119 Å². The Kier molecular flexibility index (Phi) is 6.96. The second-order valence-electron chi connectivity index (χ2n) is 7.08. The third-order valence-electron chi connectivity index (χ3n) is 4.90. The van der Waals surface area contributed by atoms with Gasteiger partial charge in [-0.15, -0.1) is 0 Å². The van der Waals surface area contributed by atoms with E-state index in [1.165, 1.54) is 39.7 Å². The molecular weight excluding hydrogens is 457 g/mol. The van der Waals surface area contributed by atoms with Crippen molar-refractivity contribution in [3.05, 3.63) is 66.2 Å². The number of hydrazone groups is 1. The number of nitrogens with one attached hydrogen (secondary N) is 3. The maximum atomic E-state index is 14.6. The number of amides is 2. The van der Waals surface area contributed by atoms with Crippen LogP contribution in [0.1, 0.15) is 5.56 Å². The van der Waals surface area contributed by atoms with Crippen molar-refractivity contribution in [3.63, 3.8) is 0 Å². The summed E-state index contributed by atoms with van der Waals surface area (Å²) in [6.07, 6.45) is 4.68. The molecule has 2 heterocycles. The predicted octanol–water partition coefficient (Wildman–Crippen LogP) is 4.68. The quantitative estimate of drug-likeness (QED) is 0.250. The lowest BCUT2D eigenvalue weighted by molar-refractivity contribution is 0.252.